The first-order chi connectivity index (χ1) is 11.2. The lowest BCUT2D eigenvalue weighted by molar-refractivity contribution is 0.0503. The summed E-state index contributed by atoms with van der Waals surface area (Å²) in [5, 5.41) is 2.98. The minimum atomic E-state index is -0.522. The maximum atomic E-state index is 12.2. The maximum absolute atomic E-state index is 12.2. The lowest BCUT2D eigenvalue weighted by Gasteiger charge is -2.24. The van der Waals surface area contributed by atoms with Crippen LogP contribution in [0, 0.1) is 0 Å². The van der Waals surface area contributed by atoms with E-state index in [1.807, 2.05) is 69.3 Å². The molecule has 0 heterocycles. The van der Waals surface area contributed by atoms with Crippen LogP contribution in [0.5, 0.6) is 0 Å². The number of ether oxygens (including phenoxy) is 1. The summed E-state index contributed by atoms with van der Waals surface area (Å²) >= 11 is 6.89. The molecule has 0 aliphatic carbocycles. The summed E-state index contributed by atoms with van der Waals surface area (Å²) in [6.45, 7) is 5.57. The summed E-state index contributed by atoms with van der Waals surface area (Å²) in [4.78, 5) is 12.2. The van der Waals surface area contributed by atoms with Crippen molar-refractivity contribution in [3.05, 3.63) is 68.6 Å². The van der Waals surface area contributed by atoms with Crippen molar-refractivity contribution in [3.8, 4) is 0 Å². The van der Waals surface area contributed by atoms with E-state index in [1.165, 1.54) is 0 Å². The van der Waals surface area contributed by atoms with Crippen molar-refractivity contribution in [2.45, 2.75) is 38.8 Å². The molecule has 0 spiro atoms. The van der Waals surface area contributed by atoms with Crippen LogP contribution in [0.25, 0.3) is 0 Å². The number of rotatable bonds is 4. The molecule has 0 aliphatic heterocycles. The molecule has 1 unspecified atom stereocenters. The average molecular weight is 455 g/mol. The number of carbonyl (C=O) groups is 1. The van der Waals surface area contributed by atoms with E-state index in [1.54, 1.807) is 0 Å². The van der Waals surface area contributed by atoms with Crippen LogP contribution in [0.4, 0.5) is 4.79 Å². The molecule has 128 valence electrons. The molecule has 5 heteroatoms. The zero-order chi connectivity index (χ0) is 17.7. The van der Waals surface area contributed by atoms with E-state index in [0.717, 1.165) is 20.1 Å². The van der Waals surface area contributed by atoms with Gasteiger partial charge in [0.25, 0.3) is 0 Å². The molecule has 0 aromatic heterocycles. The van der Waals surface area contributed by atoms with Crippen LogP contribution >= 0.6 is 31.9 Å². The molecule has 3 nitrogen and oxygen atoms in total. The molecule has 24 heavy (non-hydrogen) atoms. The van der Waals surface area contributed by atoms with Crippen LogP contribution in [0.15, 0.2) is 57.5 Å². The molecule has 0 saturated carbocycles. The first-order valence-electron chi connectivity index (χ1n) is 7.72. The van der Waals surface area contributed by atoms with Crippen molar-refractivity contribution in [1.82, 2.24) is 5.32 Å². The number of nitrogens with one attached hydrogen (secondary N) is 1. The van der Waals surface area contributed by atoms with Gasteiger partial charge in [0.05, 0.1) is 6.04 Å². The van der Waals surface area contributed by atoms with E-state index in [4.69, 9.17) is 4.74 Å². The molecule has 1 atom stereocenters. The van der Waals surface area contributed by atoms with Crippen LogP contribution in [0.3, 0.4) is 0 Å². The number of alkyl carbamates (subject to hydrolysis) is 1. The van der Waals surface area contributed by atoms with Crippen molar-refractivity contribution >= 4 is 38.0 Å². The van der Waals surface area contributed by atoms with E-state index in [9.17, 15) is 4.79 Å². The Morgan fingerprint density at radius 2 is 1.50 bits per heavy atom. The minimum absolute atomic E-state index is 0.158. The zero-order valence-corrected chi connectivity index (χ0v) is 17.1. The normalized spacial score (nSPS) is 12.5. The summed E-state index contributed by atoms with van der Waals surface area (Å²) in [6.07, 6.45) is 0.279. The Morgan fingerprint density at radius 1 is 1.00 bits per heavy atom. The fourth-order valence-corrected chi connectivity index (χ4v) is 2.78. The Balaban J connectivity index is 2.19. The van der Waals surface area contributed by atoms with Crippen molar-refractivity contribution in [1.29, 1.82) is 0 Å². The second-order valence-corrected chi connectivity index (χ2v) is 8.41. The highest BCUT2D eigenvalue weighted by atomic mass is 79.9. The van der Waals surface area contributed by atoms with E-state index in [0.29, 0.717) is 6.42 Å². The van der Waals surface area contributed by atoms with E-state index >= 15 is 0 Å². The molecule has 0 aliphatic rings. The Labute approximate surface area is 160 Å². The lowest BCUT2D eigenvalue weighted by Crippen LogP contribution is -2.35. The van der Waals surface area contributed by atoms with Crippen LogP contribution in [-0.2, 0) is 11.2 Å². The number of benzene rings is 2. The van der Waals surface area contributed by atoms with Gasteiger partial charge in [-0.3, -0.25) is 0 Å². The minimum Gasteiger partial charge on any atom is -0.444 e. The second-order valence-electron chi connectivity index (χ2n) is 6.58. The Bertz CT molecular complexity index is 676. The van der Waals surface area contributed by atoms with Crippen LogP contribution in [-0.4, -0.2) is 11.7 Å². The number of hydrogen-bond donors (Lipinski definition) is 1. The SMILES string of the molecule is CC(C)(C)OC(=O)NC(Cc1ccc(Br)cc1)c1ccc(Br)cc1. The van der Waals surface area contributed by atoms with Gasteiger partial charge >= 0.3 is 6.09 Å². The molecule has 2 aromatic carbocycles. The molecular weight excluding hydrogens is 434 g/mol. The standard InChI is InChI=1S/C19H21Br2NO2/c1-19(2,3)24-18(23)22-17(14-6-10-16(21)11-7-14)12-13-4-8-15(20)9-5-13/h4-11,17H,12H2,1-3H3,(H,22,23). The number of halogens is 2. The molecule has 2 aromatic rings. The first-order valence-corrected chi connectivity index (χ1v) is 9.31. The van der Waals surface area contributed by atoms with E-state index < -0.39 is 11.7 Å². The third-order valence-corrected chi connectivity index (χ3v) is 4.37. The van der Waals surface area contributed by atoms with Crippen molar-refractivity contribution in [3.63, 3.8) is 0 Å². The van der Waals surface area contributed by atoms with Gasteiger partial charge in [-0.2, -0.15) is 0 Å². The molecule has 0 fully saturated rings. The quantitative estimate of drug-likeness (QED) is 0.613. The predicted molar refractivity (Wildman–Crippen MR) is 104 cm³/mol. The Hall–Kier alpha value is -1.33. The number of amides is 1. The highest BCUT2D eigenvalue weighted by molar-refractivity contribution is 9.10. The largest absolute Gasteiger partial charge is 0.444 e. The third-order valence-electron chi connectivity index (χ3n) is 3.32. The summed E-state index contributed by atoms with van der Waals surface area (Å²) in [6, 6.07) is 15.9. The van der Waals surface area contributed by atoms with Gasteiger partial charge < -0.3 is 10.1 Å². The van der Waals surface area contributed by atoms with Gasteiger partial charge in [0, 0.05) is 8.95 Å². The van der Waals surface area contributed by atoms with Gasteiger partial charge in [-0.1, -0.05) is 56.1 Å². The van der Waals surface area contributed by atoms with E-state index in [2.05, 4.69) is 37.2 Å². The van der Waals surface area contributed by atoms with Gasteiger partial charge in [0.15, 0.2) is 0 Å². The smallest absolute Gasteiger partial charge is 0.408 e. The number of hydrogen-bond acceptors (Lipinski definition) is 2. The van der Waals surface area contributed by atoms with E-state index in [-0.39, 0.29) is 6.04 Å². The lowest BCUT2D eigenvalue weighted by atomic mass is 9.99. The molecule has 1 N–H and O–H groups in total. The highest BCUT2D eigenvalue weighted by Gasteiger charge is 2.21. The van der Waals surface area contributed by atoms with Crippen LogP contribution in [0.1, 0.15) is 37.9 Å². The summed E-state index contributed by atoms with van der Waals surface area (Å²) < 4.78 is 7.44. The average Bonchev–Trinajstić information content (AvgIpc) is 2.48. The molecule has 0 bridgehead atoms. The van der Waals surface area contributed by atoms with Crippen molar-refractivity contribution in [2.75, 3.05) is 0 Å². The topological polar surface area (TPSA) is 38.3 Å². The van der Waals surface area contributed by atoms with Gasteiger partial charge in [-0.15, -0.1) is 0 Å². The van der Waals surface area contributed by atoms with Gasteiger partial charge in [-0.25, -0.2) is 4.79 Å². The third kappa shape index (κ3) is 6.29. The fourth-order valence-electron chi connectivity index (χ4n) is 2.25. The predicted octanol–water partition coefficient (Wildman–Crippen LogP) is 6.02. The molecule has 1 amide bonds. The zero-order valence-electron chi connectivity index (χ0n) is 14.0. The second kappa shape index (κ2) is 8.17. The molecule has 0 saturated heterocycles. The summed E-state index contributed by atoms with van der Waals surface area (Å²) in [5.41, 5.74) is 1.65. The number of carbonyl (C=O) groups excluding carboxylic acids is 1. The van der Waals surface area contributed by atoms with Gasteiger partial charge in [0.1, 0.15) is 5.60 Å². The van der Waals surface area contributed by atoms with Crippen molar-refractivity contribution in [2.24, 2.45) is 0 Å². The van der Waals surface area contributed by atoms with Crippen LogP contribution < -0.4 is 5.32 Å². The molecular formula is C19H21Br2NO2. The Morgan fingerprint density at radius 3 is 2.00 bits per heavy atom. The summed E-state index contributed by atoms with van der Waals surface area (Å²) in [5.74, 6) is 0. The fraction of sp³-hybridized carbons (Fsp3) is 0.316. The van der Waals surface area contributed by atoms with Crippen LogP contribution in [0.2, 0.25) is 0 Å². The van der Waals surface area contributed by atoms with Crippen molar-refractivity contribution < 1.29 is 9.53 Å². The maximum Gasteiger partial charge on any atom is 0.408 e. The Kier molecular flexibility index (Phi) is 6.47. The monoisotopic (exact) mass is 453 g/mol. The molecule has 2 rings (SSSR count). The van der Waals surface area contributed by atoms with Gasteiger partial charge in [-0.05, 0) is 62.6 Å². The molecule has 0 radical (unpaired) electrons. The van der Waals surface area contributed by atoms with Gasteiger partial charge in [0.2, 0.25) is 0 Å². The highest BCUT2D eigenvalue weighted by Crippen LogP contribution is 2.22. The first kappa shape index (κ1) is 19.0. The summed E-state index contributed by atoms with van der Waals surface area (Å²) in [7, 11) is 0.